The van der Waals surface area contributed by atoms with Crippen LogP contribution in [-0.2, 0) is 21.7 Å². The first-order chi connectivity index (χ1) is 17.5. The van der Waals surface area contributed by atoms with Crippen LogP contribution in [0.1, 0.15) is 41.0 Å². The van der Waals surface area contributed by atoms with Gasteiger partial charge in [0, 0.05) is 30.0 Å². The van der Waals surface area contributed by atoms with Gasteiger partial charge in [0.1, 0.15) is 34.9 Å². The van der Waals surface area contributed by atoms with Crippen LogP contribution in [0.3, 0.4) is 0 Å². The van der Waals surface area contributed by atoms with E-state index in [0.29, 0.717) is 53.6 Å². The summed E-state index contributed by atoms with van der Waals surface area (Å²) >= 11 is 0. The molecular formula is C28H24FNO6. The number of benzene rings is 3. The molecule has 0 radical (unpaired) electrons. The number of rotatable bonds is 7. The summed E-state index contributed by atoms with van der Waals surface area (Å²) in [6.45, 7) is 0.359. The lowest BCUT2D eigenvalue weighted by atomic mass is 9.98. The fourth-order valence-electron chi connectivity index (χ4n) is 4.84. The summed E-state index contributed by atoms with van der Waals surface area (Å²) in [5, 5.41) is 9.31. The number of esters is 1. The molecule has 0 fully saturated rings. The molecule has 3 aromatic rings. The minimum Gasteiger partial charge on any atom is -0.495 e. The molecule has 0 bridgehead atoms. The van der Waals surface area contributed by atoms with Gasteiger partial charge in [0.05, 0.1) is 38.4 Å². The van der Waals surface area contributed by atoms with Crippen molar-refractivity contribution >= 4 is 5.97 Å². The van der Waals surface area contributed by atoms with Gasteiger partial charge in [-0.2, -0.15) is 5.26 Å². The normalized spacial score (nSPS) is 19.4. The van der Waals surface area contributed by atoms with Gasteiger partial charge in [-0.05, 0) is 36.2 Å². The summed E-state index contributed by atoms with van der Waals surface area (Å²) in [4.78, 5) is 11.7. The number of nitriles is 1. The van der Waals surface area contributed by atoms with E-state index in [1.807, 2.05) is 12.1 Å². The Morgan fingerprint density at radius 3 is 2.67 bits per heavy atom. The third-order valence-electron chi connectivity index (χ3n) is 6.57. The quantitative estimate of drug-likeness (QED) is 0.341. The van der Waals surface area contributed by atoms with Crippen molar-refractivity contribution < 1.29 is 32.9 Å². The van der Waals surface area contributed by atoms with E-state index in [2.05, 4.69) is 6.07 Å². The molecule has 0 amide bonds. The van der Waals surface area contributed by atoms with Crippen LogP contribution in [0.4, 0.5) is 4.39 Å². The first-order valence-electron chi connectivity index (χ1n) is 11.5. The molecule has 184 valence electrons. The predicted octanol–water partition coefficient (Wildman–Crippen LogP) is 5.00. The maximum Gasteiger partial charge on any atom is 0.306 e. The molecule has 1 aliphatic carbocycles. The van der Waals surface area contributed by atoms with Crippen molar-refractivity contribution in [2.75, 3.05) is 20.8 Å². The number of halogens is 1. The van der Waals surface area contributed by atoms with Crippen molar-refractivity contribution in [1.29, 1.82) is 5.26 Å². The largest absolute Gasteiger partial charge is 0.495 e. The second-order valence-corrected chi connectivity index (χ2v) is 8.69. The molecule has 0 unspecified atom stereocenters. The minimum absolute atomic E-state index is 0.109. The van der Waals surface area contributed by atoms with Crippen molar-refractivity contribution in [3.8, 4) is 29.1 Å². The summed E-state index contributed by atoms with van der Waals surface area (Å²) in [6.07, 6.45) is 1.15. The van der Waals surface area contributed by atoms with E-state index in [4.69, 9.17) is 23.7 Å². The van der Waals surface area contributed by atoms with E-state index in [1.54, 1.807) is 36.4 Å². The Balaban J connectivity index is 1.51. The second-order valence-electron chi connectivity index (χ2n) is 8.69. The smallest absolute Gasteiger partial charge is 0.306 e. The molecule has 8 heteroatoms. The molecule has 2 aliphatic rings. The highest BCUT2D eigenvalue weighted by molar-refractivity contribution is 5.71. The average molecular weight is 489 g/mol. The minimum atomic E-state index is -1.45. The van der Waals surface area contributed by atoms with Crippen molar-refractivity contribution in [3.63, 3.8) is 0 Å². The van der Waals surface area contributed by atoms with Crippen LogP contribution in [0.25, 0.3) is 0 Å². The van der Waals surface area contributed by atoms with Gasteiger partial charge in [0.25, 0.3) is 5.79 Å². The fourth-order valence-corrected chi connectivity index (χ4v) is 4.84. The van der Waals surface area contributed by atoms with Gasteiger partial charge in [-0.3, -0.25) is 4.79 Å². The molecule has 0 saturated heterocycles. The number of carbonyl (C=O) groups excluding carboxylic acids is 1. The van der Waals surface area contributed by atoms with Gasteiger partial charge in [-0.25, -0.2) is 4.39 Å². The lowest BCUT2D eigenvalue weighted by molar-refractivity contribution is -0.141. The van der Waals surface area contributed by atoms with Crippen LogP contribution < -0.4 is 18.9 Å². The lowest BCUT2D eigenvalue weighted by Crippen LogP contribution is -2.38. The third-order valence-corrected chi connectivity index (χ3v) is 6.57. The SMILES string of the molecule is COC(=O)C[C@@H]1COc2cc(O[C@]3(Oc4ccc(C#N)c(OC)c4)CCc4cccc(F)c43)ccc21. The lowest BCUT2D eigenvalue weighted by Gasteiger charge is -2.32. The number of ether oxygens (including phenoxy) is 5. The summed E-state index contributed by atoms with van der Waals surface area (Å²) in [7, 11) is 2.83. The topological polar surface area (TPSA) is 87.0 Å². The molecule has 36 heavy (non-hydrogen) atoms. The first-order valence-corrected chi connectivity index (χ1v) is 11.5. The molecule has 1 heterocycles. The molecule has 0 spiro atoms. The second kappa shape index (κ2) is 9.42. The Hall–Kier alpha value is -4.25. The molecule has 1 aliphatic heterocycles. The average Bonchev–Trinajstić information content (AvgIpc) is 3.45. The standard InChI is InChI=1S/C28H24FNO6/c1-32-24-13-20(7-6-18(24)15-30)35-28(11-10-17-4-3-5-23(29)27(17)28)36-21-8-9-22-19(12-26(31)33-2)16-34-25(22)14-21/h3-9,13-14,19H,10-12,16H2,1-2H3/t19-,28-/m1/s1. The summed E-state index contributed by atoms with van der Waals surface area (Å²) in [6, 6.07) is 17.1. The number of hydrogen-bond acceptors (Lipinski definition) is 7. The van der Waals surface area contributed by atoms with Crippen molar-refractivity contribution in [1.82, 2.24) is 0 Å². The molecule has 2 atom stereocenters. The Morgan fingerprint density at radius 1 is 1.14 bits per heavy atom. The van der Waals surface area contributed by atoms with Crippen LogP contribution in [0.15, 0.2) is 54.6 Å². The van der Waals surface area contributed by atoms with Gasteiger partial charge in [0.2, 0.25) is 0 Å². The maximum absolute atomic E-state index is 15.2. The maximum atomic E-state index is 15.2. The monoisotopic (exact) mass is 489 g/mol. The van der Waals surface area contributed by atoms with Crippen LogP contribution in [0.2, 0.25) is 0 Å². The van der Waals surface area contributed by atoms with Crippen LogP contribution in [0.5, 0.6) is 23.0 Å². The van der Waals surface area contributed by atoms with Crippen LogP contribution in [0, 0.1) is 17.1 Å². The van der Waals surface area contributed by atoms with Crippen LogP contribution >= 0.6 is 0 Å². The van der Waals surface area contributed by atoms with Gasteiger partial charge < -0.3 is 23.7 Å². The number of hydrogen-bond donors (Lipinski definition) is 0. The van der Waals surface area contributed by atoms with Crippen LogP contribution in [-0.4, -0.2) is 26.8 Å². The van der Waals surface area contributed by atoms with E-state index < -0.39 is 11.6 Å². The molecule has 3 aromatic carbocycles. The van der Waals surface area contributed by atoms with E-state index in [-0.39, 0.29) is 18.3 Å². The van der Waals surface area contributed by atoms with Gasteiger partial charge in [-0.1, -0.05) is 18.2 Å². The van der Waals surface area contributed by atoms with E-state index >= 15 is 4.39 Å². The van der Waals surface area contributed by atoms with Gasteiger partial charge in [0.15, 0.2) is 0 Å². The van der Waals surface area contributed by atoms with E-state index in [1.165, 1.54) is 20.3 Å². The number of fused-ring (bicyclic) bond motifs is 2. The summed E-state index contributed by atoms with van der Waals surface area (Å²) in [5.41, 5.74) is 2.37. The zero-order valence-electron chi connectivity index (χ0n) is 19.9. The number of nitrogens with zero attached hydrogens (tertiary/aromatic N) is 1. The summed E-state index contributed by atoms with van der Waals surface area (Å²) in [5.74, 6) is -0.536. The Bertz CT molecular complexity index is 1370. The predicted molar refractivity (Wildman–Crippen MR) is 127 cm³/mol. The highest BCUT2D eigenvalue weighted by atomic mass is 19.1. The van der Waals surface area contributed by atoms with Gasteiger partial charge >= 0.3 is 5.97 Å². The number of aryl methyl sites for hydroxylation is 1. The zero-order chi connectivity index (χ0) is 25.3. The number of methoxy groups -OCH3 is 2. The molecule has 0 N–H and O–H groups in total. The Labute approximate surface area is 207 Å². The highest BCUT2D eigenvalue weighted by Gasteiger charge is 2.46. The van der Waals surface area contributed by atoms with Gasteiger partial charge in [-0.15, -0.1) is 0 Å². The highest BCUT2D eigenvalue weighted by Crippen LogP contribution is 2.46. The van der Waals surface area contributed by atoms with Crippen molar-refractivity contribution in [2.45, 2.75) is 31.0 Å². The summed E-state index contributed by atoms with van der Waals surface area (Å²) < 4.78 is 43.9. The van der Waals surface area contributed by atoms with Crippen molar-refractivity contribution in [3.05, 3.63) is 82.7 Å². The Kier molecular flexibility index (Phi) is 6.15. The molecule has 5 rings (SSSR count). The molecule has 0 aromatic heterocycles. The Morgan fingerprint density at radius 2 is 1.92 bits per heavy atom. The van der Waals surface area contributed by atoms with Crippen molar-refractivity contribution in [2.24, 2.45) is 0 Å². The zero-order valence-corrected chi connectivity index (χ0v) is 19.9. The number of carbonyl (C=O) groups is 1. The van der Waals surface area contributed by atoms with E-state index in [0.717, 1.165) is 11.1 Å². The molecular weight excluding hydrogens is 465 g/mol. The molecule has 0 saturated carbocycles. The fraction of sp³-hybridized carbons (Fsp3) is 0.286. The third kappa shape index (κ3) is 4.17. The van der Waals surface area contributed by atoms with E-state index in [9.17, 15) is 10.1 Å². The first kappa shape index (κ1) is 23.5. The molecule has 7 nitrogen and oxygen atoms in total.